The number of ketones is 1. The molecule has 3 aliphatic heterocycles. The molecule has 4 aromatic rings. The number of hydrogen-bond donors (Lipinski definition) is 6. The Labute approximate surface area is 413 Å². The van der Waals surface area contributed by atoms with Crippen LogP contribution in [0.25, 0.3) is 39.0 Å². The second-order valence-electron chi connectivity index (χ2n) is 21.7. The van der Waals surface area contributed by atoms with Crippen LogP contribution in [0, 0.1) is 41.3 Å². The van der Waals surface area contributed by atoms with Crippen LogP contribution in [0.2, 0.25) is 0 Å². The largest absolute Gasteiger partial charge is 0.469 e. The Kier molecular flexibility index (Phi) is 15.6. The molecule has 2 aromatic heterocycles. The van der Waals surface area contributed by atoms with E-state index in [9.17, 15) is 20.1 Å². The molecule has 70 heavy (non-hydrogen) atoms. The highest BCUT2D eigenvalue weighted by molar-refractivity contribution is 5.95. The number of halogens is 1. The number of benzene rings is 2. The lowest BCUT2D eigenvalue weighted by Crippen LogP contribution is -2.58. The fraction of sp³-hybridized carbons (Fsp3) is 0.589. The van der Waals surface area contributed by atoms with Gasteiger partial charge in [0.1, 0.15) is 23.6 Å². The molecule has 9 atom stereocenters. The van der Waals surface area contributed by atoms with E-state index in [4.69, 9.17) is 19.5 Å². The summed E-state index contributed by atoms with van der Waals surface area (Å²) in [6, 6.07) is 11.2. The van der Waals surface area contributed by atoms with Crippen LogP contribution < -0.4 is 15.4 Å². The van der Waals surface area contributed by atoms with Crippen molar-refractivity contribution < 1.29 is 34.0 Å². The Balaban J connectivity index is 0.980. The Morgan fingerprint density at radius 3 is 2.54 bits per heavy atom. The molecule has 5 heterocycles. The van der Waals surface area contributed by atoms with E-state index in [1.54, 1.807) is 7.11 Å². The van der Waals surface area contributed by atoms with Gasteiger partial charge >= 0.3 is 0 Å². The molecule has 9 rings (SSSR count). The van der Waals surface area contributed by atoms with Gasteiger partial charge in [0, 0.05) is 60.8 Å². The lowest BCUT2D eigenvalue weighted by Gasteiger charge is -2.38. The van der Waals surface area contributed by atoms with Crippen molar-refractivity contribution in [1.82, 2.24) is 30.1 Å². The maximum Gasteiger partial charge on any atom is 0.211 e. The van der Waals surface area contributed by atoms with E-state index < -0.39 is 18.7 Å². The number of allylic oxidation sites excluding steroid dienone is 1. The highest BCUT2D eigenvalue weighted by atomic mass is 19.1. The molecule has 378 valence electrons. The molecule has 2 aliphatic carbocycles. The van der Waals surface area contributed by atoms with Crippen molar-refractivity contribution in [1.29, 1.82) is 0 Å². The van der Waals surface area contributed by atoms with Gasteiger partial charge in [-0.05, 0) is 109 Å². The van der Waals surface area contributed by atoms with E-state index in [0.717, 1.165) is 109 Å². The molecular weight excluding hydrogens is 886 g/mol. The number of aliphatic hydroxyl groups is 3. The zero-order chi connectivity index (χ0) is 49.4. The second kappa shape index (κ2) is 21.7. The van der Waals surface area contributed by atoms with Crippen LogP contribution in [-0.2, 0) is 9.53 Å². The number of carbonyl (C=O) groups is 1. The first-order valence-corrected chi connectivity index (χ1v) is 26.1. The number of imidazole rings is 1. The molecule has 2 aromatic carbocycles. The van der Waals surface area contributed by atoms with Gasteiger partial charge in [0.15, 0.2) is 12.0 Å². The number of aromatic amines is 1. The van der Waals surface area contributed by atoms with Crippen molar-refractivity contribution in [2.75, 3.05) is 20.4 Å². The molecule has 13 nitrogen and oxygen atoms in total. The number of nitrogens with zero attached hydrogens (tertiary/aromatic N) is 4. The van der Waals surface area contributed by atoms with Crippen LogP contribution in [0.1, 0.15) is 135 Å². The van der Waals surface area contributed by atoms with Gasteiger partial charge in [-0.25, -0.2) is 9.37 Å². The summed E-state index contributed by atoms with van der Waals surface area (Å²) in [6.07, 6.45) is 13.9. The monoisotopic (exact) mass is 962 g/mol. The Bertz CT molecular complexity index is 2560. The summed E-state index contributed by atoms with van der Waals surface area (Å²) in [7, 11) is 1.63. The van der Waals surface area contributed by atoms with Gasteiger partial charge in [-0.15, -0.1) is 6.58 Å². The zero-order valence-corrected chi connectivity index (χ0v) is 42.0. The van der Waals surface area contributed by atoms with Gasteiger partial charge in [-0.2, -0.15) is 0 Å². The van der Waals surface area contributed by atoms with E-state index in [1.807, 2.05) is 55.4 Å². The number of fused-ring (bicyclic) bond motifs is 5. The summed E-state index contributed by atoms with van der Waals surface area (Å²) in [5, 5.41) is 37.9. The van der Waals surface area contributed by atoms with Crippen molar-refractivity contribution in [2.45, 2.75) is 155 Å². The molecule has 0 bridgehead atoms. The van der Waals surface area contributed by atoms with E-state index in [-0.39, 0.29) is 59.5 Å². The molecule has 9 unspecified atom stereocenters. The molecule has 2 saturated carbocycles. The normalized spacial score (nSPS) is 25.3. The van der Waals surface area contributed by atoms with Gasteiger partial charge in [0.2, 0.25) is 6.41 Å². The first kappa shape index (κ1) is 50.4. The maximum atomic E-state index is 17.3. The Hall–Kier alpha value is -4.54. The quantitative estimate of drug-likeness (QED) is 0.0371. The standard InChI is InChI=1S/C56H76FN7O6/c1-8-34-23-45(63(29-34)55(66)51(32(4)5)62-56(67)68)52-33(6)15-16-39(27-58-52)37-17-20-41-47(26-37)70-48(24-35-11-9-12-35)64-44-21-18-38(25-42(44)49(57)53(41)64)43-28-59-54(61-43)40-14-10-13-36(40)19-22-46(65)50(31(2)3)60-30-69-7/h8,17-18,20-21,25-28,31-36,40,45,48,50-51,55-56,60,62,66-68H,1,9-16,19,22-24,29-30H2,2-7H3,(H,59,61). The predicted molar refractivity (Wildman–Crippen MR) is 273 cm³/mol. The minimum Gasteiger partial charge on any atom is -0.469 e. The first-order chi connectivity index (χ1) is 33.7. The Morgan fingerprint density at radius 1 is 1.04 bits per heavy atom. The fourth-order valence-electron chi connectivity index (χ4n) is 12.3. The number of rotatable bonds is 20. The van der Waals surface area contributed by atoms with Crippen molar-refractivity contribution in [3.05, 3.63) is 78.7 Å². The van der Waals surface area contributed by atoms with Gasteiger partial charge < -0.3 is 34.3 Å². The number of H-pyrrole nitrogens is 1. The molecular formula is C56H76FN7O6. The number of methoxy groups -OCH3 is 1. The number of carbonyl (C=O) groups excluding carboxylic acids is 1. The summed E-state index contributed by atoms with van der Waals surface area (Å²) in [5.41, 5.74) is 6.88. The summed E-state index contributed by atoms with van der Waals surface area (Å²) in [6.45, 7) is 15.2. The molecule has 6 N–H and O–H groups in total. The number of likely N-dealkylation sites (tertiary alicyclic amines) is 1. The van der Waals surface area contributed by atoms with Crippen LogP contribution in [0.5, 0.6) is 5.75 Å². The third-order valence-corrected chi connectivity index (χ3v) is 16.5. The smallest absolute Gasteiger partial charge is 0.211 e. The summed E-state index contributed by atoms with van der Waals surface area (Å²) in [4.78, 5) is 29.0. The number of aliphatic hydroxyl groups excluding tert-OH is 2. The van der Waals surface area contributed by atoms with E-state index in [2.05, 4.69) is 65.7 Å². The van der Waals surface area contributed by atoms with Crippen LogP contribution in [-0.4, -0.2) is 97.4 Å². The van der Waals surface area contributed by atoms with Crippen molar-refractivity contribution in [2.24, 2.45) is 40.5 Å². The molecule has 14 heteroatoms. The number of nitrogens with one attached hydrogen (secondary N) is 3. The van der Waals surface area contributed by atoms with Crippen molar-refractivity contribution in [3.8, 4) is 28.3 Å². The van der Waals surface area contributed by atoms with Gasteiger partial charge in [-0.1, -0.05) is 78.5 Å². The number of aliphatic imine (C=N–C) groups is 1. The first-order valence-electron chi connectivity index (χ1n) is 26.1. The van der Waals surface area contributed by atoms with E-state index in [1.165, 1.54) is 6.42 Å². The van der Waals surface area contributed by atoms with E-state index in [0.29, 0.717) is 48.4 Å². The highest BCUT2D eigenvalue weighted by Crippen LogP contribution is 2.49. The van der Waals surface area contributed by atoms with Gasteiger partial charge in [-0.3, -0.25) is 25.3 Å². The lowest BCUT2D eigenvalue weighted by molar-refractivity contribution is -0.122. The van der Waals surface area contributed by atoms with Gasteiger partial charge in [0.05, 0.1) is 48.0 Å². The number of aromatic nitrogens is 3. The summed E-state index contributed by atoms with van der Waals surface area (Å²) >= 11 is 0. The lowest BCUT2D eigenvalue weighted by atomic mass is 9.82. The van der Waals surface area contributed by atoms with Crippen LogP contribution >= 0.6 is 0 Å². The number of hydrogen-bond acceptors (Lipinski definition) is 11. The molecule has 0 amide bonds. The summed E-state index contributed by atoms with van der Waals surface area (Å²) < 4.78 is 31.6. The molecule has 1 saturated heterocycles. The van der Waals surface area contributed by atoms with Crippen LogP contribution in [0.3, 0.4) is 0 Å². The molecule has 3 fully saturated rings. The average Bonchev–Trinajstić information content (AvgIpc) is 4.13. The molecule has 0 radical (unpaired) electrons. The van der Waals surface area contributed by atoms with Crippen LogP contribution in [0.15, 0.2) is 66.4 Å². The highest BCUT2D eigenvalue weighted by Gasteiger charge is 2.43. The minimum absolute atomic E-state index is 0.0672. The van der Waals surface area contributed by atoms with Crippen LogP contribution in [0.4, 0.5) is 4.39 Å². The second-order valence-corrected chi connectivity index (χ2v) is 21.7. The van der Waals surface area contributed by atoms with Crippen molar-refractivity contribution in [3.63, 3.8) is 0 Å². The molecule has 5 aliphatic rings. The minimum atomic E-state index is -1.75. The molecule has 0 spiro atoms. The number of ether oxygens (including phenoxy) is 2. The summed E-state index contributed by atoms with van der Waals surface area (Å²) in [5.74, 6) is 3.09. The number of Topliss-reactive ketones (excluding diaryl/α,β-unsaturated/α-hetero) is 1. The third kappa shape index (κ3) is 10.2. The Morgan fingerprint density at radius 2 is 1.83 bits per heavy atom. The zero-order valence-electron chi connectivity index (χ0n) is 42.0. The van der Waals surface area contributed by atoms with Crippen molar-refractivity contribution >= 4 is 28.0 Å². The maximum absolute atomic E-state index is 17.3. The van der Waals surface area contributed by atoms with Gasteiger partial charge in [0.25, 0.3) is 0 Å². The van der Waals surface area contributed by atoms with E-state index >= 15 is 4.39 Å². The topological polar surface area (TPSA) is 169 Å². The SMILES string of the molecule is C=CC1CC(C2=NC=C(c3ccc4c(c3)OC(CC3CCC3)n3c-4c(F)c4cc(-c5cnc(C6CCCC6CCC(=O)C(NCOC)C(C)C)[nH]5)ccc43)CCC2C)N(C(O)C(NC(O)O)C(C)C)C1. The third-order valence-electron chi connectivity index (χ3n) is 16.5. The fourth-order valence-corrected chi connectivity index (χ4v) is 12.3. The average molecular weight is 962 g/mol. The predicted octanol–water partition coefficient (Wildman–Crippen LogP) is 9.66.